The molecule has 1 aromatic carbocycles. The molecule has 0 aliphatic heterocycles. The molecule has 2 rings (SSSR count). The van der Waals surface area contributed by atoms with Gasteiger partial charge in [-0.2, -0.15) is 4.72 Å². The second kappa shape index (κ2) is 6.25. The van der Waals surface area contributed by atoms with Crippen molar-refractivity contribution in [3.8, 4) is 5.75 Å². The van der Waals surface area contributed by atoms with E-state index < -0.39 is 22.0 Å². The van der Waals surface area contributed by atoms with Crippen molar-refractivity contribution in [2.24, 2.45) is 0 Å². The number of nitrogens with one attached hydrogen (secondary N) is 1. The molecule has 0 fully saturated rings. The minimum Gasteiger partial charge on any atom is -0.497 e. The van der Waals surface area contributed by atoms with Gasteiger partial charge < -0.3 is 9.84 Å². The minimum absolute atomic E-state index is 0.0221. The van der Waals surface area contributed by atoms with Crippen molar-refractivity contribution in [2.45, 2.75) is 10.9 Å². The van der Waals surface area contributed by atoms with E-state index in [2.05, 4.69) is 4.72 Å². The van der Waals surface area contributed by atoms with Crippen molar-refractivity contribution in [3.05, 3.63) is 46.7 Å². The van der Waals surface area contributed by atoms with Gasteiger partial charge in [0, 0.05) is 4.88 Å². The number of ether oxygens (including phenoxy) is 1. The molecule has 1 atom stereocenters. The zero-order valence-corrected chi connectivity index (χ0v) is 12.6. The lowest BCUT2D eigenvalue weighted by molar-refractivity contribution is -0.139. The number of aliphatic carboxylic acids is 1. The summed E-state index contributed by atoms with van der Waals surface area (Å²) in [7, 11) is -2.46. The van der Waals surface area contributed by atoms with Crippen LogP contribution in [-0.4, -0.2) is 26.6 Å². The fraction of sp³-hybridized carbons (Fsp3) is 0.154. The van der Waals surface area contributed by atoms with Gasteiger partial charge in [-0.05, 0) is 35.7 Å². The first-order valence-electron chi connectivity index (χ1n) is 5.86. The monoisotopic (exact) mass is 327 g/mol. The summed E-state index contributed by atoms with van der Waals surface area (Å²) in [4.78, 5) is 11.7. The first-order chi connectivity index (χ1) is 9.94. The summed E-state index contributed by atoms with van der Waals surface area (Å²) in [6.45, 7) is 0. The van der Waals surface area contributed by atoms with E-state index in [4.69, 9.17) is 4.74 Å². The Morgan fingerprint density at radius 3 is 2.43 bits per heavy atom. The van der Waals surface area contributed by atoms with E-state index in [1.165, 1.54) is 42.7 Å². The molecule has 0 radical (unpaired) electrons. The summed E-state index contributed by atoms with van der Waals surface area (Å²) >= 11 is 1.17. The van der Waals surface area contributed by atoms with E-state index in [1.54, 1.807) is 17.5 Å². The number of carboxylic acids is 1. The number of hydrogen-bond donors (Lipinski definition) is 2. The third kappa shape index (κ3) is 3.60. The number of rotatable bonds is 6. The summed E-state index contributed by atoms with van der Waals surface area (Å²) in [6, 6.07) is 7.63. The van der Waals surface area contributed by atoms with Crippen molar-refractivity contribution in [1.82, 2.24) is 4.72 Å². The Kier molecular flexibility index (Phi) is 4.61. The van der Waals surface area contributed by atoms with Crippen LogP contribution in [0.2, 0.25) is 0 Å². The second-order valence-electron chi connectivity index (χ2n) is 4.08. The Labute approximate surface area is 126 Å². The number of methoxy groups -OCH3 is 1. The molecule has 2 N–H and O–H groups in total. The summed E-state index contributed by atoms with van der Waals surface area (Å²) in [5.41, 5.74) is 0. The van der Waals surface area contributed by atoms with Gasteiger partial charge in [-0.15, -0.1) is 11.3 Å². The standard InChI is InChI=1S/C13H13NO5S2/c1-19-9-4-6-10(7-5-9)21(17,18)14-12(13(15)16)11-3-2-8-20-11/h2-8,12,14H,1H3,(H,15,16)/t12-/m1/s1. The lowest BCUT2D eigenvalue weighted by atomic mass is 10.3. The predicted octanol–water partition coefficient (Wildman–Crippen LogP) is 1.86. The van der Waals surface area contributed by atoms with Crippen LogP contribution >= 0.6 is 11.3 Å². The molecule has 1 heterocycles. The SMILES string of the molecule is COc1ccc(S(=O)(=O)N[C@@H](C(=O)O)c2cccs2)cc1. The molecule has 0 saturated carbocycles. The third-order valence-electron chi connectivity index (χ3n) is 2.72. The smallest absolute Gasteiger partial charge is 0.327 e. The summed E-state index contributed by atoms with van der Waals surface area (Å²) in [5, 5.41) is 10.9. The molecule has 2 aromatic rings. The molecule has 6 nitrogen and oxygen atoms in total. The molecule has 0 saturated heterocycles. The maximum Gasteiger partial charge on any atom is 0.327 e. The molecule has 112 valence electrons. The van der Waals surface area contributed by atoms with Crippen molar-refractivity contribution in [2.75, 3.05) is 7.11 Å². The number of thiophene rings is 1. The van der Waals surface area contributed by atoms with Gasteiger partial charge in [-0.1, -0.05) is 6.07 Å². The average Bonchev–Trinajstić information content (AvgIpc) is 2.98. The van der Waals surface area contributed by atoms with E-state index in [1.807, 2.05) is 0 Å². The number of carbonyl (C=O) groups is 1. The van der Waals surface area contributed by atoms with E-state index in [0.29, 0.717) is 10.6 Å². The first-order valence-corrected chi connectivity index (χ1v) is 8.23. The molecular formula is C13H13NO5S2. The maximum absolute atomic E-state index is 12.2. The molecule has 1 aromatic heterocycles. The Hall–Kier alpha value is -1.90. The highest BCUT2D eigenvalue weighted by atomic mass is 32.2. The Balaban J connectivity index is 2.28. The van der Waals surface area contributed by atoms with Crippen LogP contribution in [-0.2, 0) is 14.8 Å². The van der Waals surface area contributed by atoms with Crippen molar-refractivity contribution >= 4 is 27.3 Å². The molecule has 0 aliphatic carbocycles. The van der Waals surface area contributed by atoms with Crippen molar-refractivity contribution < 1.29 is 23.1 Å². The summed E-state index contributed by atoms with van der Waals surface area (Å²) in [5.74, 6) is -0.739. The predicted molar refractivity (Wildman–Crippen MR) is 78.0 cm³/mol. The molecule has 0 aliphatic rings. The van der Waals surface area contributed by atoms with E-state index >= 15 is 0 Å². The van der Waals surface area contributed by atoms with Crippen molar-refractivity contribution in [3.63, 3.8) is 0 Å². The van der Waals surface area contributed by atoms with E-state index in [0.717, 1.165) is 0 Å². The van der Waals surface area contributed by atoms with Gasteiger partial charge in [0.1, 0.15) is 5.75 Å². The molecule has 21 heavy (non-hydrogen) atoms. The van der Waals surface area contributed by atoms with E-state index in [-0.39, 0.29) is 4.90 Å². The largest absolute Gasteiger partial charge is 0.497 e. The van der Waals surface area contributed by atoms with Gasteiger partial charge in [0.05, 0.1) is 12.0 Å². The molecule has 8 heteroatoms. The summed E-state index contributed by atoms with van der Waals surface area (Å²) < 4.78 is 31.6. The number of sulfonamides is 1. The highest BCUT2D eigenvalue weighted by Crippen LogP contribution is 2.22. The molecule has 0 unspecified atom stereocenters. The Morgan fingerprint density at radius 2 is 1.95 bits per heavy atom. The van der Waals surface area contributed by atoms with Gasteiger partial charge in [-0.25, -0.2) is 8.42 Å². The fourth-order valence-corrected chi connectivity index (χ4v) is 3.67. The zero-order chi connectivity index (χ0) is 15.5. The first kappa shape index (κ1) is 15.5. The quantitative estimate of drug-likeness (QED) is 0.845. The third-order valence-corrected chi connectivity index (χ3v) is 5.09. The topological polar surface area (TPSA) is 92.7 Å². The van der Waals surface area contributed by atoms with Crippen LogP contribution in [0, 0.1) is 0 Å². The van der Waals surface area contributed by atoms with Crippen molar-refractivity contribution in [1.29, 1.82) is 0 Å². The highest BCUT2D eigenvalue weighted by molar-refractivity contribution is 7.89. The highest BCUT2D eigenvalue weighted by Gasteiger charge is 2.27. The number of benzene rings is 1. The second-order valence-corrected chi connectivity index (χ2v) is 6.78. The molecular weight excluding hydrogens is 314 g/mol. The van der Waals surface area contributed by atoms with Crippen LogP contribution in [0.25, 0.3) is 0 Å². The van der Waals surface area contributed by atoms with Gasteiger partial charge in [0.25, 0.3) is 0 Å². The molecule has 0 spiro atoms. The van der Waals surface area contributed by atoms with Gasteiger partial charge in [-0.3, -0.25) is 4.79 Å². The number of hydrogen-bond acceptors (Lipinski definition) is 5. The normalized spacial score (nSPS) is 12.8. The number of carboxylic acid groups (broad SMARTS) is 1. The van der Waals surface area contributed by atoms with Gasteiger partial charge >= 0.3 is 5.97 Å². The molecule has 0 amide bonds. The minimum atomic E-state index is -3.94. The van der Waals surface area contributed by atoms with Crippen LogP contribution in [0.1, 0.15) is 10.9 Å². The Morgan fingerprint density at radius 1 is 1.29 bits per heavy atom. The van der Waals surface area contributed by atoms with Gasteiger partial charge in [0.2, 0.25) is 10.0 Å². The van der Waals surface area contributed by atoms with Crippen LogP contribution in [0.4, 0.5) is 0 Å². The van der Waals surface area contributed by atoms with Crippen LogP contribution < -0.4 is 9.46 Å². The fourth-order valence-electron chi connectivity index (χ4n) is 1.66. The maximum atomic E-state index is 12.2. The van der Waals surface area contributed by atoms with E-state index in [9.17, 15) is 18.3 Å². The lowest BCUT2D eigenvalue weighted by Gasteiger charge is -2.13. The molecule has 0 bridgehead atoms. The Bertz CT molecular complexity index is 708. The van der Waals surface area contributed by atoms with Crippen LogP contribution in [0.15, 0.2) is 46.7 Å². The average molecular weight is 327 g/mol. The zero-order valence-electron chi connectivity index (χ0n) is 11.0. The van der Waals surface area contributed by atoms with Crippen LogP contribution in [0.5, 0.6) is 5.75 Å². The lowest BCUT2D eigenvalue weighted by Crippen LogP contribution is -2.33. The summed E-state index contributed by atoms with van der Waals surface area (Å²) in [6.07, 6.45) is 0. The van der Waals surface area contributed by atoms with Crippen LogP contribution in [0.3, 0.4) is 0 Å². The van der Waals surface area contributed by atoms with Gasteiger partial charge in [0.15, 0.2) is 6.04 Å².